The molecule has 0 aromatic rings. The normalized spacial score (nSPS) is 28.1. The van der Waals surface area contributed by atoms with E-state index < -0.39 is 5.60 Å². The second kappa shape index (κ2) is 4.62. The largest absolute Gasteiger partial charge is 0.444 e. The van der Waals surface area contributed by atoms with E-state index in [9.17, 15) is 9.90 Å². The Morgan fingerprint density at radius 1 is 1.38 bits per heavy atom. The molecule has 0 bridgehead atoms. The summed E-state index contributed by atoms with van der Waals surface area (Å²) in [4.78, 5) is 11.5. The zero-order valence-corrected chi connectivity index (χ0v) is 10.8. The summed E-state index contributed by atoms with van der Waals surface area (Å²) in [6.07, 6.45) is 0.318. The van der Waals surface area contributed by atoms with Gasteiger partial charge < -0.3 is 15.2 Å². The monoisotopic (exact) mass is 229 g/mol. The zero-order chi connectivity index (χ0) is 12.5. The lowest BCUT2D eigenvalue weighted by molar-refractivity contribution is 0.0497. The number of aliphatic hydroxyl groups excluding tert-OH is 1. The van der Waals surface area contributed by atoms with Crippen LogP contribution in [0.4, 0.5) is 4.79 Å². The van der Waals surface area contributed by atoms with Crippen LogP contribution in [0.25, 0.3) is 0 Å². The molecule has 1 fully saturated rings. The summed E-state index contributed by atoms with van der Waals surface area (Å²) in [5, 5.41) is 12.2. The van der Waals surface area contributed by atoms with E-state index in [1.165, 1.54) is 0 Å². The van der Waals surface area contributed by atoms with Gasteiger partial charge in [-0.3, -0.25) is 0 Å². The molecule has 0 radical (unpaired) electrons. The molecule has 0 aromatic carbocycles. The number of carbonyl (C=O) groups is 1. The van der Waals surface area contributed by atoms with Gasteiger partial charge in [-0.1, -0.05) is 0 Å². The van der Waals surface area contributed by atoms with Crippen molar-refractivity contribution >= 4 is 6.09 Å². The first-order valence-corrected chi connectivity index (χ1v) is 5.88. The number of ether oxygens (including phenoxy) is 1. The Bertz CT molecular complexity index is 257. The first kappa shape index (κ1) is 13.3. The van der Waals surface area contributed by atoms with E-state index in [0.717, 1.165) is 6.42 Å². The molecule has 1 aliphatic carbocycles. The molecule has 94 valence electrons. The molecule has 0 saturated heterocycles. The van der Waals surface area contributed by atoms with Crippen molar-refractivity contribution in [3.8, 4) is 0 Å². The maximum Gasteiger partial charge on any atom is 0.407 e. The van der Waals surface area contributed by atoms with Crippen molar-refractivity contribution in [3.05, 3.63) is 0 Å². The zero-order valence-electron chi connectivity index (χ0n) is 10.8. The minimum Gasteiger partial charge on any atom is -0.444 e. The molecular weight excluding hydrogens is 206 g/mol. The number of carbonyl (C=O) groups excluding carboxylic acids is 1. The SMILES string of the molecule is C[C@H](O)[C@H]1C[C@H]1[C@H](C)NC(=O)OC(C)(C)C. The summed E-state index contributed by atoms with van der Waals surface area (Å²) in [6.45, 7) is 9.27. The van der Waals surface area contributed by atoms with Crippen molar-refractivity contribution in [1.82, 2.24) is 5.32 Å². The number of hydrogen-bond donors (Lipinski definition) is 2. The van der Waals surface area contributed by atoms with Crippen molar-refractivity contribution in [2.24, 2.45) is 11.8 Å². The lowest BCUT2D eigenvalue weighted by Crippen LogP contribution is -2.39. The molecule has 4 nitrogen and oxygen atoms in total. The van der Waals surface area contributed by atoms with Gasteiger partial charge in [0.1, 0.15) is 5.60 Å². The summed E-state index contributed by atoms with van der Waals surface area (Å²) in [5.74, 6) is 0.706. The highest BCUT2D eigenvalue weighted by Gasteiger charge is 2.44. The third-order valence-corrected chi connectivity index (χ3v) is 2.90. The van der Waals surface area contributed by atoms with Crippen LogP contribution in [-0.2, 0) is 4.74 Å². The van der Waals surface area contributed by atoms with Crippen LogP contribution in [0.1, 0.15) is 41.0 Å². The van der Waals surface area contributed by atoms with Gasteiger partial charge in [-0.2, -0.15) is 0 Å². The maximum absolute atomic E-state index is 11.5. The minimum absolute atomic E-state index is 0.0643. The van der Waals surface area contributed by atoms with Crippen molar-refractivity contribution in [2.75, 3.05) is 0 Å². The number of alkyl carbamates (subject to hydrolysis) is 1. The van der Waals surface area contributed by atoms with Crippen LogP contribution >= 0.6 is 0 Å². The van der Waals surface area contributed by atoms with Crippen LogP contribution in [0.5, 0.6) is 0 Å². The standard InChI is InChI=1S/C12H23NO3/c1-7(9-6-10(9)8(2)14)13-11(15)16-12(3,4)5/h7-10,14H,6H2,1-5H3,(H,13,15)/t7-,8-,9-,10+/m0/s1. The summed E-state index contributed by atoms with van der Waals surface area (Å²) < 4.78 is 5.17. The van der Waals surface area contributed by atoms with Crippen LogP contribution in [0, 0.1) is 11.8 Å². The third kappa shape index (κ3) is 4.00. The summed E-state index contributed by atoms with van der Waals surface area (Å²) >= 11 is 0. The molecule has 1 rings (SSSR count). The topological polar surface area (TPSA) is 58.6 Å². The highest BCUT2D eigenvalue weighted by Crippen LogP contribution is 2.43. The van der Waals surface area contributed by atoms with Gasteiger partial charge in [0.15, 0.2) is 0 Å². The fraction of sp³-hybridized carbons (Fsp3) is 0.917. The van der Waals surface area contributed by atoms with Crippen molar-refractivity contribution in [2.45, 2.75) is 58.8 Å². The molecule has 0 spiro atoms. The lowest BCUT2D eigenvalue weighted by Gasteiger charge is -2.22. The van der Waals surface area contributed by atoms with E-state index in [2.05, 4.69) is 5.32 Å². The molecule has 0 aromatic heterocycles. The van der Waals surface area contributed by atoms with Crippen LogP contribution in [0.2, 0.25) is 0 Å². The van der Waals surface area contributed by atoms with Crippen LogP contribution in [-0.4, -0.2) is 28.9 Å². The van der Waals surface area contributed by atoms with Crippen molar-refractivity contribution in [1.29, 1.82) is 0 Å². The maximum atomic E-state index is 11.5. The molecule has 2 N–H and O–H groups in total. The van der Waals surface area contributed by atoms with Gasteiger partial charge in [-0.25, -0.2) is 4.79 Å². The van der Waals surface area contributed by atoms with E-state index in [1.54, 1.807) is 6.92 Å². The van der Waals surface area contributed by atoms with Gasteiger partial charge in [0.2, 0.25) is 0 Å². The second-order valence-electron chi connectivity index (χ2n) is 5.74. The molecular formula is C12H23NO3. The lowest BCUT2D eigenvalue weighted by atomic mass is 10.1. The first-order chi connectivity index (χ1) is 7.20. The Balaban J connectivity index is 2.31. The molecule has 0 heterocycles. The number of nitrogens with one attached hydrogen (secondary N) is 1. The van der Waals surface area contributed by atoms with Gasteiger partial charge in [0.25, 0.3) is 0 Å². The van der Waals surface area contributed by atoms with E-state index in [-0.39, 0.29) is 18.2 Å². The fourth-order valence-electron chi connectivity index (χ4n) is 1.97. The smallest absolute Gasteiger partial charge is 0.407 e. The van der Waals surface area contributed by atoms with Gasteiger partial charge in [0, 0.05) is 6.04 Å². The molecule has 4 heteroatoms. The van der Waals surface area contributed by atoms with Crippen molar-refractivity contribution < 1.29 is 14.6 Å². The van der Waals surface area contributed by atoms with E-state index in [1.807, 2.05) is 27.7 Å². The fourth-order valence-corrected chi connectivity index (χ4v) is 1.97. The molecule has 1 saturated carbocycles. The summed E-state index contributed by atoms with van der Waals surface area (Å²) in [6, 6.07) is 0.0643. The Hall–Kier alpha value is -0.770. The van der Waals surface area contributed by atoms with Gasteiger partial charge in [-0.05, 0) is 52.9 Å². The van der Waals surface area contributed by atoms with Gasteiger partial charge in [-0.15, -0.1) is 0 Å². The number of aliphatic hydroxyl groups is 1. The predicted molar refractivity (Wildman–Crippen MR) is 62.1 cm³/mol. The Kier molecular flexibility index (Phi) is 3.84. The van der Waals surface area contributed by atoms with Crippen LogP contribution < -0.4 is 5.32 Å². The summed E-state index contributed by atoms with van der Waals surface area (Å²) in [7, 11) is 0. The highest BCUT2D eigenvalue weighted by atomic mass is 16.6. The molecule has 16 heavy (non-hydrogen) atoms. The van der Waals surface area contributed by atoms with E-state index >= 15 is 0 Å². The number of hydrogen-bond acceptors (Lipinski definition) is 3. The molecule has 1 amide bonds. The van der Waals surface area contributed by atoms with E-state index in [0.29, 0.717) is 11.8 Å². The third-order valence-electron chi connectivity index (χ3n) is 2.90. The average Bonchev–Trinajstić information content (AvgIpc) is 2.76. The second-order valence-corrected chi connectivity index (χ2v) is 5.74. The molecule has 0 unspecified atom stereocenters. The van der Waals surface area contributed by atoms with Gasteiger partial charge in [0.05, 0.1) is 6.10 Å². The molecule has 1 aliphatic rings. The van der Waals surface area contributed by atoms with Crippen LogP contribution in [0.3, 0.4) is 0 Å². The van der Waals surface area contributed by atoms with Crippen molar-refractivity contribution in [3.63, 3.8) is 0 Å². The number of rotatable bonds is 3. The van der Waals surface area contributed by atoms with Gasteiger partial charge >= 0.3 is 6.09 Å². The highest BCUT2D eigenvalue weighted by molar-refractivity contribution is 5.68. The molecule has 4 atom stereocenters. The molecule has 0 aliphatic heterocycles. The average molecular weight is 229 g/mol. The summed E-state index contributed by atoms with van der Waals surface area (Å²) in [5.41, 5.74) is -0.461. The first-order valence-electron chi connectivity index (χ1n) is 5.88. The minimum atomic E-state index is -0.461. The van der Waals surface area contributed by atoms with Crippen LogP contribution in [0.15, 0.2) is 0 Å². The van der Waals surface area contributed by atoms with E-state index in [4.69, 9.17) is 4.74 Å². The number of amides is 1. The Labute approximate surface area is 97.4 Å². The Morgan fingerprint density at radius 2 is 1.94 bits per heavy atom. The quantitative estimate of drug-likeness (QED) is 0.777. The Morgan fingerprint density at radius 3 is 2.31 bits per heavy atom. The predicted octanol–water partition coefficient (Wildman–Crippen LogP) is 1.92.